The van der Waals surface area contributed by atoms with E-state index in [9.17, 15) is 22.8 Å². The third-order valence-electron chi connectivity index (χ3n) is 4.93. The molecule has 0 aliphatic heterocycles. The number of rotatable bonds is 10. The molecule has 3 aromatic rings. The molecule has 180 valence electrons. The lowest BCUT2D eigenvalue weighted by molar-refractivity contribution is -0.274. The van der Waals surface area contributed by atoms with Crippen molar-refractivity contribution in [3.05, 3.63) is 71.1 Å². The van der Waals surface area contributed by atoms with Crippen LogP contribution in [-0.4, -0.2) is 19.1 Å². The standard InChI is InChI=1S/C25H23F3O6/c1-3-5-6-7-16-8-11-19(22(12-16)34-25(26,27)28)20-13-17-9-10-18(14-21(17)33-24(20)30)31-15-32-23(29)4-2/h4,8-14H,2-3,5-7,15H2,1H3. The molecule has 0 unspecified atom stereocenters. The van der Waals surface area contributed by atoms with E-state index in [4.69, 9.17) is 13.9 Å². The number of carbonyl (C=O) groups is 1. The first kappa shape index (κ1) is 24.9. The van der Waals surface area contributed by atoms with Gasteiger partial charge in [0.25, 0.3) is 0 Å². The maximum Gasteiger partial charge on any atom is 0.573 e. The van der Waals surface area contributed by atoms with Crippen LogP contribution in [0.2, 0.25) is 0 Å². The van der Waals surface area contributed by atoms with E-state index >= 15 is 0 Å². The zero-order valence-corrected chi connectivity index (χ0v) is 18.4. The van der Waals surface area contributed by atoms with Gasteiger partial charge in [0, 0.05) is 23.1 Å². The second-order valence-corrected chi connectivity index (χ2v) is 7.41. The fraction of sp³-hybridized carbons (Fsp3) is 0.280. The minimum atomic E-state index is -4.92. The molecule has 0 aliphatic rings. The van der Waals surface area contributed by atoms with E-state index in [1.807, 2.05) is 6.92 Å². The van der Waals surface area contributed by atoms with Gasteiger partial charge in [0.1, 0.15) is 17.1 Å². The number of carbonyl (C=O) groups excluding carboxylic acids is 1. The van der Waals surface area contributed by atoms with Gasteiger partial charge in [0.15, 0.2) is 0 Å². The summed E-state index contributed by atoms with van der Waals surface area (Å²) in [5.41, 5.74) is -0.103. The van der Waals surface area contributed by atoms with Crippen LogP contribution in [0.5, 0.6) is 11.5 Å². The Balaban J connectivity index is 1.94. The number of esters is 1. The van der Waals surface area contributed by atoms with Crippen molar-refractivity contribution in [2.45, 2.75) is 39.0 Å². The molecular formula is C25H23F3O6. The zero-order chi connectivity index (χ0) is 24.7. The highest BCUT2D eigenvalue weighted by molar-refractivity contribution is 5.84. The first-order chi connectivity index (χ1) is 16.2. The van der Waals surface area contributed by atoms with Crippen molar-refractivity contribution in [3.8, 4) is 22.6 Å². The molecule has 0 spiro atoms. The Kier molecular flexibility index (Phi) is 7.99. The van der Waals surface area contributed by atoms with E-state index in [0.29, 0.717) is 17.4 Å². The topological polar surface area (TPSA) is 75.0 Å². The van der Waals surface area contributed by atoms with Gasteiger partial charge in [-0.25, -0.2) is 9.59 Å². The monoisotopic (exact) mass is 476 g/mol. The Labute approximate surface area is 193 Å². The van der Waals surface area contributed by atoms with Gasteiger partial charge in [0.2, 0.25) is 6.79 Å². The quantitative estimate of drug-likeness (QED) is 0.115. The highest BCUT2D eigenvalue weighted by atomic mass is 19.4. The molecule has 0 saturated carbocycles. The molecule has 1 aromatic heterocycles. The van der Waals surface area contributed by atoms with Crippen LogP contribution in [0.3, 0.4) is 0 Å². The largest absolute Gasteiger partial charge is 0.573 e. The lowest BCUT2D eigenvalue weighted by Crippen LogP contribution is -2.18. The Morgan fingerprint density at radius 1 is 1.09 bits per heavy atom. The Morgan fingerprint density at radius 2 is 1.88 bits per heavy atom. The molecule has 2 aromatic carbocycles. The summed E-state index contributed by atoms with van der Waals surface area (Å²) in [6.45, 7) is 4.93. The zero-order valence-electron chi connectivity index (χ0n) is 18.4. The van der Waals surface area contributed by atoms with Crippen LogP contribution in [-0.2, 0) is 16.0 Å². The van der Waals surface area contributed by atoms with Crippen LogP contribution in [0.4, 0.5) is 13.2 Å². The Hall–Kier alpha value is -3.75. The third kappa shape index (κ3) is 6.63. The fourth-order valence-electron chi connectivity index (χ4n) is 3.32. The van der Waals surface area contributed by atoms with E-state index in [0.717, 1.165) is 25.3 Å². The molecule has 6 nitrogen and oxygen atoms in total. The van der Waals surface area contributed by atoms with Gasteiger partial charge in [-0.3, -0.25) is 0 Å². The molecule has 0 fully saturated rings. The molecule has 3 rings (SSSR count). The third-order valence-corrected chi connectivity index (χ3v) is 4.93. The van der Waals surface area contributed by atoms with Crippen molar-refractivity contribution in [1.82, 2.24) is 0 Å². The molecule has 0 N–H and O–H groups in total. The van der Waals surface area contributed by atoms with E-state index in [1.165, 1.54) is 30.3 Å². The number of ether oxygens (including phenoxy) is 3. The molecule has 34 heavy (non-hydrogen) atoms. The lowest BCUT2D eigenvalue weighted by Gasteiger charge is -2.15. The van der Waals surface area contributed by atoms with E-state index in [-0.39, 0.29) is 29.3 Å². The molecule has 0 saturated heterocycles. The molecule has 0 aliphatic carbocycles. The normalized spacial score (nSPS) is 11.3. The number of alkyl halides is 3. The van der Waals surface area contributed by atoms with Gasteiger partial charge in [-0.1, -0.05) is 38.5 Å². The summed E-state index contributed by atoms with van der Waals surface area (Å²) in [7, 11) is 0. The number of aryl methyl sites for hydroxylation is 1. The van der Waals surface area contributed by atoms with E-state index < -0.39 is 23.7 Å². The predicted octanol–water partition coefficient (Wildman–Crippen LogP) is 6.16. The molecule has 0 radical (unpaired) electrons. The smallest absolute Gasteiger partial charge is 0.457 e. The number of halogens is 3. The highest BCUT2D eigenvalue weighted by Crippen LogP contribution is 2.35. The molecule has 0 amide bonds. The van der Waals surface area contributed by atoms with Gasteiger partial charge in [-0.15, -0.1) is 13.2 Å². The van der Waals surface area contributed by atoms with Gasteiger partial charge in [0.05, 0.1) is 5.56 Å². The van der Waals surface area contributed by atoms with Crippen LogP contribution in [0.15, 0.2) is 64.3 Å². The number of hydrogen-bond acceptors (Lipinski definition) is 6. The summed E-state index contributed by atoms with van der Waals surface area (Å²) in [6.07, 6.45) is -0.577. The number of unbranched alkanes of at least 4 members (excludes halogenated alkanes) is 2. The molecular weight excluding hydrogens is 453 g/mol. The van der Waals surface area contributed by atoms with Crippen molar-refractivity contribution in [2.24, 2.45) is 0 Å². The van der Waals surface area contributed by atoms with Crippen LogP contribution < -0.4 is 15.1 Å². The van der Waals surface area contributed by atoms with Crippen LogP contribution in [0.1, 0.15) is 31.7 Å². The number of benzene rings is 2. The Bertz CT molecular complexity index is 1230. The van der Waals surface area contributed by atoms with Crippen LogP contribution in [0.25, 0.3) is 22.1 Å². The molecule has 0 bridgehead atoms. The SMILES string of the molecule is C=CC(=O)OCOc1ccc2cc(-c3ccc(CCCCC)cc3OC(F)(F)F)c(=O)oc2c1. The van der Waals surface area contributed by atoms with Crippen LogP contribution >= 0.6 is 0 Å². The fourth-order valence-corrected chi connectivity index (χ4v) is 3.32. The number of fused-ring (bicyclic) bond motifs is 1. The average Bonchev–Trinajstić information content (AvgIpc) is 2.78. The summed E-state index contributed by atoms with van der Waals surface area (Å²) >= 11 is 0. The van der Waals surface area contributed by atoms with Gasteiger partial charge >= 0.3 is 18.0 Å². The molecule has 0 atom stereocenters. The Morgan fingerprint density at radius 3 is 2.59 bits per heavy atom. The summed E-state index contributed by atoms with van der Waals surface area (Å²) in [5.74, 6) is -0.861. The average molecular weight is 476 g/mol. The molecule has 1 heterocycles. The predicted molar refractivity (Wildman–Crippen MR) is 120 cm³/mol. The second-order valence-electron chi connectivity index (χ2n) is 7.41. The van der Waals surface area contributed by atoms with Crippen molar-refractivity contribution >= 4 is 16.9 Å². The van der Waals surface area contributed by atoms with Crippen molar-refractivity contribution in [2.75, 3.05) is 6.79 Å². The summed E-state index contributed by atoms with van der Waals surface area (Å²) in [5, 5.41) is 0.454. The van der Waals surface area contributed by atoms with E-state index in [1.54, 1.807) is 12.1 Å². The van der Waals surface area contributed by atoms with Crippen LogP contribution in [0, 0.1) is 0 Å². The molecule has 9 heteroatoms. The maximum absolute atomic E-state index is 13.1. The van der Waals surface area contributed by atoms with Crippen molar-refractivity contribution < 1.29 is 36.6 Å². The lowest BCUT2D eigenvalue weighted by atomic mass is 10.00. The first-order valence-corrected chi connectivity index (χ1v) is 10.6. The number of hydrogen-bond donors (Lipinski definition) is 0. The van der Waals surface area contributed by atoms with E-state index in [2.05, 4.69) is 11.3 Å². The highest BCUT2D eigenvalue weighted by Gasteiger charge is 2.32. The summed E-state index contributed by atoms with van der Waals surface area (Å²) in [6, 6.07) is 10.4. The minimum Gasteiger partial charge on any atom is -0.457 e. The summed E-state index contributed by atoms with van der Waals surface area (Å²) < 4.78 is 58.8. The minimum absolute atomic E-state index is 0.0242. The second kappa shape index (κ2) is 10.9. The van der Waals surface area contributed by atoms with Crippen molar-refractivity contribution in [3.63, 3.8) is 0 Å². The van der Waals surface area contributed by atoms with Gasteiger partial charge in [-0.2, -0.15) is 0 Å². The summed E-state index contributed by atoms with van der Waals surface area (Å²) in [4.78, 5) is 23.7. The van der Waals surface area contributed by atoms with Crippen molar-refractivity contribution in [1.29, 1.82) is 0 Å². The van der Waals surface area contributed by atoms with Gasteiger partial charge < -0.3 is 18.6 Å². The first-order valence-electron chi connectivity index (χ1n) is 10.6. The maximum atomic E-state index is 13.1. The van der Waals surface area contributed by atoms with Gasteiger partial charge in [-0.05, 0) is 42.7 Å².